The first-order chi connectivity index (χ1) is 19.5. The minimum Gasteiger partial charge on any atom is -0.374 e. The third kappa shape index (κ3) is 5.10. The zero-order chi connectivity index (χ0) is 27.6. The number of allylic oxidation sites excluding steroid dienone is 2. The molecule has 3 aromatic carbocycles. The highest BCUT2D eigenvalue weighted by atomic mass is 16.1. The molecule has 2 aliphatic heterocycles. The van der Waals surface area contributed by atoms with Gasteiger partial charge in [-0.25, -0.2) is 0 Å². The van der Waals surface area contributed by atoms with Gasteiger partial charge in [0.05, 0.1) is 0 Å². The fraction of sp³-hybridized carbons (Fsp3) is 0.235. The summed E-state index contributed by atoms with van der Waals surface area (Å²) in [5.41, 5.74) is 7.27. The zero-order valence-corrected chi connectivity index (χ0v) is 22.9. The molecule has 0 bridgehead atoms. The van der Waals surface area contributed by atoms with Crippen LogP contribution in [-0.4, -0.2) is 54.2 Å². The maximum Gasteiger partial charge on any atom is 0.256 e. The van der Waals surface area contributed by atoms with E-state index in [9.17, 15) is 9.59 Å². The number of nitrogens with zero attached hydrogens (tertiary/aromatic N) is 2. The predicted octanol–water partition coefficient (Wildman–Crippen LogP) is 5.84. The Morgan fingerprint density at radius 1 is 0.950 bits per heavy atom. The number of amides is 1. The maximum absolute atomic E-state index is 13.7. The number of ketones is 1. The van der Waals surface area contributed by atoms with Crippen molar-refractivity contribution in [2.45, 2.75) is 31.3 Å². The minimum absolute atomic E-state index is 0.0172. The molecule has 0 fully saturated rings. The smallest absolute Gasteiger partial charge is 0.256 e. The van der Waals surface area contributed by atoms with Crippen LogP contribution in [0.15, 0.2) is 114 Å². The van der Waals surface area contributed by atoms with Crippen LogP contribution in [-0.2, 0) is 0 Å². The van der Waals surface area contributed by atoms with Crippen molar-refractivity contribution in [1.82, 2.24) is 15.1 Å². The van der Waals surface area contributed by atoms with E-state index >= 15 is 0 Å². The number of Topliss-reactive ketones (excluding diaryl/α,β-unsaturated/α-hetero) is 1. The average Bonchev–Trinajstić information content (AvgIpc) is 3.39. The van der Waals surface area contributed by atoms with Crippen molar-refractivity contribution in [3.8, 4) is 11.1 Å². The van der Waals surface area contributed by atoms with Crippen molar-refractivity contribution in [3.05, 3.63) is 125 Å². The molecule has 2 atom stereocenters. The maximum atomic E-state index is 13.7. The summed E-state index contributed by atoms with van der Waals surface area (Å²) in [6, 6.07) is 24.7. The average molecular weight is 531 g/mol. The van der Waals surface area contributed by atoms with Crippen LogP contribution in [0.1, 0.15) is 40.0 Å². The molecule has 40 heavy (non-hydrogen) atoms. The summed E-state index contributed by atoms with van der Waals surface area (Å²) in [7, 11) is 4.28. The van der Waals surface area contributed by atoms with Crippen molar-refractivity contribution < 1.29 is 9.59 Å². The van der Waals surface area contributed by atoms with Gasteiger partial charge in [-0.1, -0.05) is 54.6 Å². The molecule has 6 heteroatoms. The molecule has 3 aromatic rings. The van der Waals surface area contributed by atoms with Crippen molar-refractivity contribution in [2.24, 2.45) is 0 Å². The second kappa shape index (κ2) is 11.0. The highest BCUT2D eigenvalue weighted by Crippen LogP contribution is 2.35. The summed E-state index contributed by atoms with van der Waals surface area (Å²) in [5, 5.41) is 6.58. The molecule has 0 saturated carbocycles. The van der Waals surface area contributed by atoms with Gasteiger partial charge in [-0.05, 0) is 80.5 Å². The Morgan fingerprint density at radius 3 is 2.48 bits per heavy atom. The number of nitrogens with one attached hydrogen (secondary N) is 2. The van der Waals surface area contributed by atoms with Crippen molar-refractivity contribution in [1.29, 1.82) is 0 Å². The van der Waals surface area contributed by atoms with Gasteiger partial charge in [0.1, 0.15) is 6.04 Å². The lowest BCUT2D eigenvalue weighted by molar-refractivity contribution is 0.0965. The molecule has 1 aliphatic carbocycles. The first-order valence-corrected chi connectivity index (χ1v) is 13.9. The number of hydrogen-bond donors (Lipinski definition) is 2. The molecule has 0 aromatic heterocycles. The second-order valence-electron chi connectivity index (χ2n) is 10.8. The van der Waals surface area contributed by atoms with Crippen LogP contribution in [0.25, 0.3) is 11.1 Å². The standard InChI is InChI=1S/C34H34N4O2/c1-37(2)26-18-19-30-32(22-26)38-20-8-11-27(38)21-31(36-30)33(39)24-14-16-25(17-15-24)35-34(40)29-13-7-6-12-28(29)23-9-4-3-5-10-23/h3-17,21,26,31,36H,18-20,22H2,1-2H3,(H,35,40). The Kier molecular flexibility index (Phi) is 7.10. The fourth-order valence-electron chi connectivity index (χ4n) is 5.85. The number of anilines is 1. The lowest BCUT2D eigenvalue weighted by Gasteiger charge is -2.35. The van der Waals surface area contributed by atoms with Crippen LogP contribution in [0.3, 0.4) is 0 Å². The van der Waals surface area contributed by atoms with Gasteiger partial charge in [0.2, 0.25) is 0 Å². The predicted molar refractivity (Wildman–Crippen MR) is 160 cm³/mol. The highest BCUT2D eigenvalue weighted by molar-refractivity contribution is 6.09. The van der Waals surface area contributed by atoms with E-state index in [4.69, 9.17) is 0 Å². The Bertz CT molecular complexity index is 1520. The van der Waals surface area contributed by atoms with Crippen LogP contribution >= 0.6 is 0 Å². The Hall–Kier alpha value is -4.42. The van der Waals surface area contributed by atoms with Gasteiger partial charge < -0.3 is 20.4 Å². The van der Waals surface area contributed by atoms with E-state index < -0.39 is 6.04 Å². The summed E-state index contributed by atoms with van der Waals surface area (Å²) < 4.78 is 0. The number of carbonyl (C=O) groups is 2. The van der Waals surface area contributed by atoms with Gasteiger partial charge in [-0.2, -0.15) is 0 Å². The first kappa shape index (κ1) is 25.8. The Balaban J connectivity index is 1.19. The number of fused-ring (bicyclic) bond motifs is 2. The van der Waals surface area contributed by atoms with Crippen molar-refractivity contribution in [2.75, 3.05) is 26.0 Å². The van der Waals surface area contributed by atoms with Gasteiger partial charge in [0.25, 0.3) is 5.91 Å². The summed E-state index contributed by atoms with van der Waals surface area (Å²) in [4.78, 5) is 31.5. The SMILES string of the molecule is CN(C)C1CCC2=C(C1)N1CC=CC1=CC(C(=O)c1ccc(NC(=O)c3ccccc3-c3ccccc3)cc1)N2. The fourth-order valence-corrected chi connectivity index (χ4v) is 5.85. The molecule has 6 nitrogen and oxygen atoms in total. The van der Waals surface area contributed by atoms with Crippen LogP contribution in [0.5, 0.6) is 0 Å². The van der Waals surface area contributed by atoms with E-state index in [2.05, 4.69) is 46.7 Å². The normalized spacial score (nSPS) is 19.9. The van der Waals surface area contributed by atoms with Crippen molar-refractivity contribution in [3.63, 3.8) is 0 Å². The van der Waals surface area contributed by atoms with E-state index in [1.165, 1.54) is 11.4 Å². The van der Waals surface area contributed by atoms with E-state index in [1.807, 2.05) is 60.7 Å². The monoisotopic (exact) mass is 530 g/mol. The molecule has 2 heterocycles. The lowest BCUT2D eigenvalue weighted by atomic mass is 9.94. The Labute approximate surface area is 235 Å². The molecule has 0 radical (unpaired) electrons. The third-order valence-electron chi connectivity index (χ3n) is 8.08. The van der Waals surface area contributed by atoms with Crippen LogP contribution in [0.4, 0.5) is 5.69 Å². The molecule has 2 unspecified atom stereocenters. The number of hydrogen-bond acceptors (Lipinski definition) is 5. The van der Waals surface area contributed by atoms with Gasteiger partial charge in [0, 0.05) is 52.9 Å². The molecule has 0 saturated heterocycles. The van der Waals surface area contributed by atoms with Crippen LogP contribution < -0.4 is 10.6 Å². The quantitative estimate of drug-likeness (QED) is 0.392. The largest absolute Gasteiger partial charge is 0.374 e. The molecule has 2 N–H and O–H groups in total. The van der Waals surface area contributed by atoms with E-state index in [0.29, 0.717) is 22.9 Å². The summed E-state index contributed by atoms with van der Waals surface area (Å²) in [6.07, 6.45) is 9.29. The topological polar surface area (TPSA) is 64.7 Å². The number of rotatable bonds is 6. The van der Waals surface area contributed by atoms with E-state index in [0.717, 1.165) is 42.6 Å². The number of carbonyl (C=O) groups excluding carboxylic acids is 2. The van der Waals surface area contributed by atoms with Crippen molar-refractivity contribution >= 4 is 17.4 Å². The van der Waals surface area contributed by atoms with E-state index in [1.54, 1.807) is 24.3 Å². The molecular weight excluding hydrogens is 496 g/mol. The highest BCUT2D eigenvalue weighted by Gasteiger charge is 2.33. The van der Waals surface area contributed by atoms with Crippen LogP contribution in [0, 0.1) is 0 Å². The van der Waals surface area contributed by atoms with Gasteiger partial charge >= 0.3 is 0 Å². The van der Waals surface area contributed by atoms with Gasteiger partial charge in [-0.3, -0.25) is 9.59 Å². The molecule has 1 amide bonds. The number of benzene rings is 3. The molecule has 6 rings (SSSR count). The minimum atomic E-state index is -0.443. The molecule has 202 valence electrons. The first-order valence-electron chi connectivity index (χ1n) is 13.9. The van der Waals surface area contributed by atoms with Gasteiger partial charge in [-0.15, -0.1) is 0 Å². The molecular formula is C34H34N4O2. The van der Waals surface area contributed by atoms with Gasteiger partial charge in [0.15, 0.2) is 5.78 Å². The summed E-state index contributed by atoms with van der Waals surface area (Å²) >= 11 is 0. The van der Waals surface area contributed by atoms with E-state index in [-0.39, 0.29) is 11.7 Å². The Morgan fingerprint density at radius 2 is 1.70 bits per heavy atom. The zero-order valence-electron chi connectivity index (χ0n) is 22.9. The lowest BCUT2D eigenvalue weighted by Crippen LogP contribution is -2.39. The molecule has 3 aliphatic rings. The third-order valence-corrected chi connectivity index (χ3v) is 8.08. The molecule has 0 spiro atoms. The van der Waals surface area contributed by atoms with Crippen LogP contribution in [0.2, 0.25) is 0 Å². The second-order valence-corrected chi connectivity index (χ2v) is 10.8. The summed E-state index contributed by atoms with van der Waals surface area (Å²) in [5.74, 6) is -0.168. The summed E-state index contributed by atoms with van der Waals surface area (Å²) in [6.45, 7) is 0.842.